The van der Waals surface area contributed by atoms with Crippen LogP contribution < -0.4 is 10.6 Å². The number of likely N-dealkylation sites (N-methyl/N-ethyl adjacent to an activating group) is 1. The molecule has 0 aliphatic rings. The van der Waals surface area contributed by atoms with E-state index in [0.29, 0.717) is 13.1 Å². The van der Waals surface area contributed by atoms with Gasteiger partial charge in [-0.25, -0.2) is 4.98 Å². The molecule has 0 fully saturated rings. The molecular weight excluding hydrogens is 252 g/mol. The van der Waals surface area contributed by atoms with Crippen LogP contribution in [0.15, 0.2) is 12.1 Å². The molecular formula is C15H22N4O. The SMILES string of the molecule is CNCC(=O)NCCCc1nc2c(C)c(C)ccc2[nH]1. The van der Waals surface area contributed by atoms with Crippen LogP contribution in [0.1, 0.15) is 23.4 Å². The van der Waals surface area contributed by atoms with Crippen molar-refractivity contribution in [2.45, 2.75) is 26.7 Å². The molecule has 0 aliphatic carbocycles. The van der Waals surface area contributed by atoms with E-state index in [-0.39, 0.29) is 5.91 Å². The number of hydrogen-bond donors (Lipinski definition) is 3. The highest BCUT2D eigenvalue weighted by Crippen LogP contribution is 2.19. The Hall–Kier alpha value is -1.88. The second kappa shape index (κ2) is 6.52. The fourth-order valence-corrected chi connectivity index (χ4v) is 2.19. The molecule has 0 spiro atoms. The number of amides is 1. The van der Waals surface area contributed by atoms with E-state index in [2.05, 4.69) is 46.6 Å². The third kappa shape index (κ3) is 3.36. The van der Waals surface area contributed by atoms with Crippen molar-refractivity contribution in [3.05, 3.63) is 29.1 Å². The lowest BCUT2D eigenvalue weighted by Crippen LogP contribution is -2.32. The summed E-state index contributed by atoms with van der Waals surface area (Å²) in [6, 6.07) is 4.18. The van der Waals surface area contributed by atoms with E-state index < -0.39 is 0 Å². The Morgan fingerprint density at radius 2 is 2.15 bits per heavy atom. The molecule has 0 aliphatic heterocycles. The van der Waals surface area contributed by atoms with Gasteiger partial charge in [-0.15, -0.1) is 0 Å². The zero-order valence-electron chi connectivity index (χ0n) is 12.3. The predicted molar refractivity (Wildman–Crippen MR) is 80.8 cm³/mol. The summed E-state index contributed by atoms with van der Waals surface area (Å²) in [5.74, 6) is 1.01. The molecule has 1 heterocycles. The first-order valence-corrected chi connectivity index (χ1v) is 6.98. The van der Waals surface area contributed by atoms with Gasteiger partial charge < -0.3 is 15.6 Å². The van der Waals surface area contributed by atoms with Gasteiger partial charge in [-0.05, 0) is 44.5 Å². The number of H-pyrrole nitrogens is 1. The minimum absolute atomic E-state index is 0.0311. The Kier molecular flexibility index (Phi) is 4.74. The molecule has 108 valence electrons. The second-order valence-corrected chi connectivity index (χ2v) is 5.07. The fourth-order valence-electron chi connectivity index (χ4n) is 2.19. The maximum absolute atomic E-state index is 11.3. The van der Waals surface area contributed by atoms with Crippen LogP contribution in [0.25, 0.3) is 11.0 Å². The van der Waals surface area contributed by atoms with Gasteiger partial charge in [0, 0.05) is 13.0 Å². The average Bonchev–Trinajstić information content (AvgIpc) is 2.83. The molecule has 2 rings (SSSR count). The summed E-state index contributed by atoms with van der Waals surface area (Å²) < 4.78 is 0. The standard InChI is InChI=1S/C15H22N4O/c1-10-6-7-12-15(11(10)2)19-13(18-12)5-4-8-17-14(20)9-16-3/h6-7,16H,4-5,8-9H2,1-3H3,(H,17,20)(H,18,19). The molecule has 20 heavy (non-hydrogen) atoms. The molecule has 0 saturated heterocycles. The predicted octanol–water partition coefficient (Wildman–Crippen LogP) is 1.45. The maximum atomic E-state index is 11.3. The van der Waals surface area contributed by atoms with Crippen molar-refractivity contribution in [1.29, 1.82) is 0 Å². The first kappa shape index (κ1) is 14.5. The normalized spacial score (nSPS) is 10.9. The van der Waals surface area contributed by atoms with E-state index in [1.165, 1.54) is 11.1 Å². The molecule has 1 amide bonds. The quantitative estimate of drug-likeness (QED) is 0.698. The largest absolute Gasteiger partial charge is 0.355 e. The lowest BCUT2D eigenvalue weighted by atomic mass is 10.1. The summed E-state index contributed by atoms with van der Waals surface area (Å²) in [6.45, 7) is 5.24. The summed E-state index contributed by atoms with van der Waals surface area (Å²) in [6.07, 6.45) is 1.72. The molecule has 0 unspecified atom stereocenters. The van der Waals surface area contributed by atoms with E-state index in [1.807, 2.05) is 0 Å². The number of hydrogen-bond acceptors (Lipinski definition) is 3. The summed E-state index contributed by atoms with van der Waals surface area (Å²) in [5.41, 5.74) is 4.63. The summed E-state index contributed by atoms with van der Waals surface area (Å²) in [5, 5.41) is 5.69. The van der Waals surface area contributed by atoms with E-state index in [1.54, 1.807) is 7.05 Å². The van der Waals surface area contributed by atoms with Crippen molar-refractivity contribution in [2.75, 3.05) is 20.1 Å². The molecule has 1 aromatic heterocycles. The van der Waals surface area contributed by atoms with E-state index in [0.717, 1.165) is 29.7 Å². The number of fused-ring (bicyclic) bond motifs is 1. The van der Waals surface area contributed by atoms with Crippen molar-refractivity contribution < 1.29 is 4.79 Å². The molecule has 2 aromatic rings. The smallest absolute Gasteiger partial charge is 0.233 e. The van der Waals surface area contributed by atoms with Gasteiger partial charge in [-0.3, -0.25) is 4.79 Å². The van der Waals surface area contributed by atoms with Gasteiger partial charge in [-0.2, -0.15) is 0 Å². The Morgan fingerprint density at radius 3 is 2.90 bits per heavy atom. The number of rotatable bonds is 6. The lowest BCUT2D eigenvalue weighted by Gasteiger charge is -2.03. The zero-order valence-corrected chi connectivity index (χ0v) is 12.3. The Labute approximate surface area is 119 Å². The van der Waals surface area contributed by atoms with Crippen molar-refractivity contribution >= 4 is 16.9 Å². The van der Waals surface area contributed by atoms with Crippen molar-refractivity contribution in [3.63, 3.8) is 0 Å². The third-order valence-corrected chi connectivity index (χ3v) is 3.48. The second-order valence-electron chi connectivity index (χ2n) is 5.07. The van der Waals surface area contributed by atoms with Crippen molar-refractivity contribution in [3.8, 4) is 0 Å². The van der Waals surface area contributed by atoms with Crippen molar-refractivity contribution in [1.82, 2.24) is 20.6 Å². The maximum Gasteiger partial charge on any atom is 0.233 e. The first-order chi connectivity index (χ1) is 9.61. The van der Waals surface area contributed by atoms with E-state index in [4.69, 9.17) is 0 Å². The highest BCUT2D eigenvalue weighted by atomic mass is 16.1. The van der Waals surface area contributed by atoms with Gasteiger partial charge in [0.1, 0.15) is 5.82 Å². The number of aromatic nitrogens is 2. The monoisotopic (exact) mass is 274 g/mol. The molecule has 3 N–H and O–H groups in total. The zero-order chi connectivity index (χ0) is 14.5. The van der Waals surface area contributed by atoms with Crippen LogP contribution in [0.5, 0.6) is 0 Å². The van der Waals surface area contributed by atoms with Crippen LogP contribution in [-0.2, 0) is 11.2 Å². The van der Waals surface area contributed by atoms with Crippen LogP contribution in [0.3, 0.4) is 0 Å². The average molecular weight is 274 g/mol. The van der Waals surface area contributed by atoms with Crippen LogP contribution in [0.2, 0.25) is 0 Å². The number of nitrogens with one attached hydrogen (secondary N) is 3. The molecule has 0 atom stereocenters. The Balaban J connectivity index is 1.91. The van der Waals surface area contributed by atoms with Gasteiger partial charge in [0.15, 0.2) is 0 Å². The number of nitrogens with zero attached hydrogens (tertiary/aromatic N) is 1. The summed E-state index contributed by atoms with van der Waals surface area (Å²) in [4.78, 5) is 19.3. The topological polar surface area (TPSA) is 69.8 Å². The molecule has 1 aromatic carbocycles. The third-order valence-electron chi connectivity index (χ3n) is 3.48. The van der Waals surface area contributed by atoms with Gasteiger partial charge >= 0.3 is 0 Å². The van der Waals surface area contributed by atoms with E-state index >= 15 is 0 Å². The molecule has 5 heteroatoms. The van der Waals surface area contributed by atoms with Gasteiger partial charge in [0.05, 0.1) is 17.6 Å². The number of imidazole rings is 1. The molecule has 0 radical (unpaired) electrons. The van der Waals surface area contributed by atoms with Gasteiger partial charge in [-0.1, -0.05) is 6.07 Å². The summed E-state index contributed by atoms with van der Waals surface area (Å²) >= 11 is 0. The molecule has 5 nitrogen and oxygen atoms in total. The minimum atomic E-state index is 0.0311. The Bertz CT molecular complexity index is 603. The lowest BCUT2D eigenvalue weighted by molar-refractivity contribution is -0.120. The Morgan fingerprint density at radius 1 is 1.35 bits per heavy atom. The molecule has 0 bridgehead atoms. The minimum Gasteiger partial charge on any atom is -0.355 e. The number of aryl methyl sites for hydroxylation is 3. The van der Waals surface area contributed by atoms with Crippen LogP contribution in [0, 0.1) is 13.8 Å². The highest BCUT2D eigenvalue weighted by molar-refractivity contribution is 5.80. The van der Waals surface area contributed by atoms with Gasteiger partial charge in [0.25, 0.3) is 0 Å². The first-order valence-electron chi connectivity index (χ1n) is 6.98. The van der Waals surface area contributed by atoms with Crippen LogP contribution >= 0.6 is 0 Å². The molecule has 0 saturated carbocycles. The number of carbonyl (C=O) groups is 1. The highest BCUT2D eigenvalue weighted by Gasteiger charge is 2.07. The number of aromatic amines is 1. The van der Waals surface area contributed by atoms with E-state index in [9.17, 15) is 4.79 Å². The number of carbonyl (C=O) groups excluding carboxylic acids is 1. The summed E-state index contributed by atoms with van der Waals surface area (Å²) in [7, 11) is 1.76. The van der Waals surface area contributed by atoms with Crippen LogP contribution in [0.4, 0.5) is 0 Å². The number of benzene rings is 1. The van der Waals surface area contributed by atoms with Crippen molar-refractivity contribution in [2.24, 2.45) is 0 Å². The van der Waals surface area contributed by atoms with Crippen LogP contribution in [-0.4, -0.2) is 36.0 Å². The van der Waals surface area contributed by atoms with Gasteiger partial charge in [0.2, 0.25) is 5.91 Å². The fraction of sp³-hybridized carbons (Fsp3) is 0.467.